The molecule has 0 saturated heterocycles. The maximum Gasteiger partial charge on any atom is 0.356 e. The molecule has 2 heterocycles. The van der Waals surface area contributed by atoms with Crippen LogP contribution in [0.2, 0.25) is 0 Å². The lowest BCUT2D eigenvalue weighted by molar-refractivity contribution is 0.0690. The third-order valence-corrected chi connectivity index (χ3v) is 3.56. The molecule has 0 saturated carbocycles. The number of rotatable bonds is 5. The molecule has 0 amide bonds. The lowest BCUT2D eigenvalue weighted by Gasteiger charge is -2.11. The molecular weight excluding hydrogens is 264 g/mol. The molecule has 2 aromatic rings. The second-order valence-electron chi connectivity index (χ2n) is 3.98. The molecule has 0 spiro atoms. The normalized spacial score (nSPS) is 12.1. The zero-order valence-corrected chi connectivity index (χ0v) is 11.4. The number of nitrogens with one attached hydrogen (secondary N) is 1. The summed E-state index contributed by atoms with van der Waals surface area (Å²) in [5.74, 6) is -0.553. The number of carboxylic acids is 1. The second-order valence-corrected chi connectivity index (χ2v) is 4.92. The highest BCUT2D eigenvalue weighted by Crippen LogP contribution is 2.20. The summed E-state index contributed by atoms with van der Waals surface area (Å²) in [5, 5.41) is 15.0. The Kier molecular flexibility index (Phi) is 4.06. The minimum atomic E-state index is -1.08. The average molecular weight is 278 g/mol. The van der Waals surface area contributed by atoms with Crippen LogP contribution in [-0.2, 0) is 6.42 Å². The van der Waals surface area contributed by atoms with Crippen molar-refractivity contribution in [3.63, 3.8) is 0 Å². The van der Waals surface area contributed by atoms with Gasteiger partial charge in [0.05, 0.1) is 29.1 Å². The van der Waals surface area contributed by atoms with Crippen LogP contribution in [0.4, 0.5) is 5.82 Å². The maximum atomic E-state index is 10.7. The predicted molar refractivity (Wildman–Crippen MR) is 72.5 cm³/mol. The summed E-state index contributed by atoms with van der Waals surface area (Å²) < 4.78 is 0. The number of nitrogens with zero attached hydrogens (tertiary/aromatic N) is 3. The zero-order chi connectivity index (χ0) is 13.8. The van der Waals surface area contributed by atoms with Crippen molar-refractivity contribution >= 4 is 23.1 Å². The van der Waals surface area contributed by atoms with Crippen LogP contribution in [0, 0.1) is 0 Å². The van der Waals surface area contributed by atoms with Gasteiger partial charge in [-0.25, -0.2) is 19.7 Å². The van der Waals surface area contributed by atoms with E-state index in [1.54, 1.807) is 11.3 Å². The molecule has 0 aliphatic carbocycles. The van der Waals surface area contributed by atoms with Crippen molar-refractivity contribution in [1.82, 2.24) is 15.0 Å². The van der Waals surface area contributed by atoms with E-state index in [1.807, 2.05) is 12.3 Å². The third-order valence-electron chi connectivity index (χ3n) is 2.55. The summed E-state index contributed by atoms with van der Waals surface area (Å²) >= 11 is 1.63. The van der Waals surface area contributed by atoms with E-state index in [0.29, 0.717) is 5.82 Å². The number of hydrogen-bond donors (Lipinski definition) is 2. The fourth-order valence-electron chi connectivity index (χ4n) is 1.50. The lowest BCUT2D eigenvalue weighted by Crippen LogP contribution is -2.10. The number of anilines is 1. The van der Waals surface area contributed by atoms with Crippen LogP contribution in [0.5, 0.6) is 0 Å². The van der Waals surface area contributed by atoms with Crippen molar-refractivity contribution in [2.24, 2.45) is 0 Å². The Balaban J connectivity index is 2.05. The number of aryl methyl sites for hydroxylation is 1. The van der Waals surface area contributed by atoms with Gasteiger partial charge in [-0.3, -0.25) is 0 Å². The predicted octanol–water partition coefficient (Wildman–Crippen LogP) is 2.37. The molecule has 0 aromatic carbocycles. The Bertz CT molecular complexity index is 567. The van der Waals surface area contributed by atoms with Crippen LogP contribution >= 0.6 is 11.3 Å². The Hall–Kier alpha value is -2.02. The monoisotopic (exact) mass is 278 g/mol. The Morgan fingerprint density at radius 2 is 2.26 bits per heavy atom. The van der Waals surface area contributed by atoms with E-state index in [1.165, 1.54) is 12.4 Å². The SMILES string of the molecule is CCc1nc(C(C)Nc2cnc(C(=O)O)cn2)cs1. The van der Waals surface area contributed by atoms with Crippen molar-refractivity contribution < 1.29 is 9.90 Å². The van der Waals surface area contributed by atoms with E-state index < -0.39 is 5.97 Å². The van der Waals surface area contributed by atoms with E-state index in [2.05, 4.69) is 27.2 Å². The molecule has 100 valence electrons. The van der Waals surface area contributed by atoms with Gasteiger partial charge >= 0.3 is 5.97 Å². The van der Waals surface area contributed by atoms with E-state index in [9.17, 15) is 4.79 Å². The fourth-order valence-corrected chi connectivity index (χ4v) is 2.33. The highest BCUT2D eigenvalue weighted by molar-refractivity contribution is 7.09. The summed E-state index contributed by atoms with van der Waals surface area (Å²) in [6.45, 7) is 4.04. The number of aromatic carboxylic acids is 1. The molecule has 2 aromatic heterocycles. The first-order valence-electron chi connectivity index (χ1n) is 5.86. The van der Waals surface area contributed by atoms with Crippen molar-refractivity contribution in [3.8, 4) is 0 Å². The number of carbonyl (C=O) groups is 1. The van der Waals surface area contributed by atoms with Gasteiger partial charge < -0.3 is 10.4 Å². The van der Waals surface area contributed by atoms with Crippen LogP contribution in [-0.4, -0.2) is 26.0 Å². The molecule has 19 heavy (non-hydrogen) atoms. The first-order chi connectivity index (χ1) is 9.10. The molecule has 2 N–H and O–H groups in total. The number of carboxylic acid groups (broad SMARTS) is 1. The average Bonchev–Trinajstić information content (AvgIpc) is 2.88. The van der Waals surface area contributed by atoms with Gasteiger partial charge in [-0.15, -0.1) is 11.3 Å². The first kappa shape index (κ1) is 13.4. The van der Waals surface area contributed by atoms with Crippen LogP contribution in [0.25, 0.3) is 0 Å². The zero-order valence-electron chi connectivity index (χ0n) is 10.6. The molecule has 0 bridgehead atoms. The van der Waals surface area contributed by atoms with Gasteiger partial charge in [0.2, 0.25) is 0 Å². The molecule has 2 rings (SSSR count). The van der Waals surface area contributed by atoms with Gasteiger partial charge in [-0.1, -0.05) is 6.92 Å². The van der Waals surface area contributed by atoms with Crippen LogP contribution in [0.15, 0.2) is 17.8 Å². The summed E-state index contributed by atoms with van der Waals surface area (Å²) in [4.78, 5) is 23.0. The minimum absolute atomic E-state index is 0.00141. The van der Waals surface area contributed by atoms with Crippen LogP contribution in [0.3, 0.4) is 0 Å². The van der Waals surface area contributed by atoms with Crippen molar-refractivity contribution in [1.29, 1.82) is 0 Å². The Labute approximate surface area is 114 Å². The third kappa shape index (κ3) is 3.25. The smallest absolute Gasteiger partial charge is 0.356 e. The quantitative estimate of drug-likeness (QED) is 0.873. The second kappa shape index (κ2) is 5.75. The molecule has 0 aliphatic rings. The molecule has 1 atom stereocenters. The van der Waals surface area contributed by atoms with Gasteiger partial charge in [0.15, 0.2) is 5.69 Å². The summed E-state index contributed by atoms with van der Waals surface area (Å²) in [6.07, 6.45) is 3.56. The van der Waals surface area contributed by atoms with Gasteiger partial charge in [-0.05, 0) is 13.3 Å². The van der Waals surface area contributed by atoms with Gasteiger partial charge in [-0.2, -0.15) is 0 Å². The molecular formula is C12H14N4O2S. The summed E-state index contributed by atoms with van der Waals surface area (Å²) in [5.41, 5.74) is 0.881. The first-order valence-corrected chi connectivity index (χ1v) is 6.74. The van der Waals surface area contributed by atoms with E-state index in [-0.39, 0.29) is 11.7 Å². The van der Waals surface area contributed by atoms with Crippen molar-refractivity contribution in [3.05, 3.63) is 34.2 Å². The number of aromatic nitrogens is 3. The van der Waals surface area contributed by atoms with Gasteiger partial charge in [0.25, 0.3) is 0 Å². The maximum absolute atomic E-state index is 10.7. The lowest BCUT2D eigenvalue weighted by atomic mass is 10.2. The van der Waals surface area contributed by atoms with Gasteiger partial charge in [0, 0.05) is 5.38 Å². The Morgan fingerprint density at radius 3 is 2.79 bits per heavy atom. The van der Waals surface area contributed by atoms with E-state index in [4.69, 9.17) is 5.11 Å². The van der Waals surface area contributed by atoms with E-state index >= 15 is 0 Å². The van der Waals surface area contributed by atoms with E-state index in [0.717, 1.165) is 17.1 Å². The number of thiazole rings is 1. The molecule has 6 nitrogen and oxygen atoms in total. The van der Waals surface area contributed by atoms with Crippen LogP contribution in [0.1, 0.15) is 41.1 Å². The highest BCUT2D eigenvalue weighted by Gasteiger charge is 2.11. The Morgan fingerprint density at radius 1 is 1.47 bits per heavy atom. The van der Waals surface area contributed by atoms with Crippen molar-refractivity contribution in [2.75, 3.05) is 5.32 Å². The number of hydrogen-bond acceptors (Lipinski definition) is 6. The minimum Gasteiger partial charge on any atom is -0.476 e. The summed E-state index contributed by atoms with van der Waals surface area (Å²) in [6, 6.07) is 0.00141. The molecule has 0 radical (unpaired) electrons. The molecule has 1 unspecified atom stereocenters. The van der Waals surface area contributed by atoms with Gasteiger partial charge in [0.1, 0.15) is 5.82 Å². The molecule has 7 heteroatoms. The highest BCUT2D eigenvalue weighted by atomic mass is 32.1. The molecule has 0 aliphatic heterocycles. The largest absolute Gasteiger partial charge is 0.476 e. The van der Waals surface area contributed by atoms with Crippen LogP contribution < -0.4 is 5.32 Å². The fraction of sp³-hybridized carbons (Fsp3) is 0.333. The topological polar surface area (TPSA) is 88.0 Å². The molecule has 0 fully saturated rings. The summed E-state index contributed by atoms with van der Waals surface area (Å²) in [7, 11) is 0. The standard InChI is InChI=1S/C12H14N4O2S/c1-3-11-16-9(6-19-11)7(2)15-10-5-13-8(4-14-10)12(17)18/h4-7H,3H2,1-2H3,(H,14,15)(H,17,18). The van der Waals surface area contributed by atoms with Crippen molar-refractivity contribution in [2.45, 2.75) is 26.3 Å².